The van der Waals surface area contributed by atoms with Crippen molar-refractivity contribution < 1.29 is 9.18 Å². The summed E-state index contributed by atoms with van der Waals surface area (Å²) in [5.41, 5.74) is 3.65. The molecule has 0 aromatic heterocycles. The molecule has 1 unspecified atom stereocenters. The van der Waals surface area contributed by atoms with Gasteiger partial charge >= 0.3 is 0 Å². The molecule has 1 saturated heterocycles. The molecule has 0 bridgehead atoms. The number of nitrogens with one attached hydrogen (secondary N) is 1. The van der Waals surface area contributed by atoms with Crippen molar-refractivity contribution in [1.29, 1.82) is 0 Å². The normalized spacial score (nSPS) is 20.4. The van der Waals surface area contributed by atoms with Gasteiger partial charge in [0.2, 0.25) is 5.91 Å². The first-order valence-corrected chi connectivity index (χ1v) is 9.79. The predicted molar refractivity (Wildman–Crippen MR) is 105 cm³/mol. The van der Waals surface area contributed by atoms with Crippen molar-refractivity contribution in [3.05, 3.63) is 65.5 Å². The summed E-state index contributed by atoms with van der Waals surface area (Å²) in [5.74, 6) is -0.315. The molecule has 2 aromatic carbocycles. The van der Waals surface area contributed by atoms with Gasteiger partial charge in [-0.1, -0.05) is 24.3 Å². The van der Waals surface area contributed by atoms with Gasteiger partial charge in [-0.2, -0.15) is 0 Å². The highest BCUT2D eigenvalue weighted by Crippen LogP contribution is 2.35. The number of carbonyl (C=O) groups is 1. The van der Waals surface area contributed by atoms with Crippen molar-refractivity contribution in [3.8, 4) is 0 Å². The average molecular weight is 367 g/mol. The highest BCUT2D eigenvalue weighted by molar-refractivity contribution is 5.90. The third kappa shape index (κ3) is 4.37. The SMILES string of the molecule is O=C(CCN1CCN(C2CCc3ccccc32)CC1)Nc1ccc(F)cc1. The Kier molecular flexibility index (Phi) is 5.50. The van der Waals surface area contributed by atoms with Crippen LogP contribution in [0.25, 0.3) is 0 Å². The molecule has 0 saturated carbocycles. The van der Waals surface area contributed by atoms with Crippen LogP contribution in [-0.2, 0) is 11.2 Å². The molecular formula is C22H26FN3O. The number of hydrogen-bond donors (Lipinski definition) is 1. The van der Waals surface area contributed by atoms with E-state index in [-0.39, 0.29) is 11.7 Å². The van der Waals surface area contributed by atoms with Crippen molar-refractivity contribution in [2.45, 2.75) is 25.3 Å². The van der Waals surface area contributed by atoms with Crippen molar-refractivity contribution in [2.75, 3.05) is 38.0 Å². The second kappa shape index (κ2) is 8.19. The van der Waals surface area contributed by atoms with Crippen LogP contribution in [0.1, 0.15) is 30.0 Å². The average Bonchev–Trinajstić information content (AvgIpc) is 3.13. The molecule has 1 aliphatic heterocycles. The third-order valence-corrected chi connectivity index (χ3v) is 5.73. The number of piperazine rings is 1. The molecule has 4 rings (SSSR count). The number of anilines is 1. The molecule has 1 aliphatic carbocycles. The summed E-state index contributed by atoms with van der Waals surface area (Å²) in [7, 11) is 0. The molecule has 1 N–H and O–H groups in total. The summed E-state index contributed by atoms with van der Waals surface area (Å²) in [6.07, 6.45) is 2.87. The number of benzene rings is 2. The quantitative estimate of drug-likeness (QED) is 0.879. The van der Waals surface area contributed by atoms with Gasteiger partial charge in [-0.05, 0) is 48.2 Å². The molecule has 1 amide bonds. The number of fused-ring (bicyclic) bond motifs is 1. The van der Waals surface area contributed by atoms with Crippen LogP contribution in [-0.4, -0.2) is 48.4 Å². The van der Waals surface area contributed by atoms with Crippen LogP contribution < -0.4 is 5.32 Å². The van der Waals surface area contributed by atoms with Gasteiger partial charge in [-0.3, -0.25) is 9.69 Å². The molecule has 27 heavy (non-hydrogen) atoms. The fraction of sp³-hybridized carbons (Fsp3) is 0.409. The zero-order valence-electron chi connectivity index (χ0n) is 15.5. The second-order valence-electron chi connectivity index (χ2n) is 7.44. The van der Waals surface area contributed by atoms with E-state index in [0.29, 0.717) is 18.2 Å². The number of carbonyl (C=O) groups excluding carboxylic acids is 1. The van der Waals surface area contributed by atoms with Gasteiger partial charge in [0.1, 0.15) is 5.82 Å². The smallest absolute Gasteiger partial charge is 0.225 e. The summed E-state index contributed by atoms with van der Waals surface area (Å²) >= 11 is 0. The minimum absolute atomic E-state index is 0.0197. The topological polar surface area (TPSA) is 35.6 Å². The standard InChI is InChI=1S/C22H26FN3O/c23-18-6-8-19(9-7-18)24-22(27)11-12-25-13-15-26(16-14-25)21-10-5-17-3-1-2-4-20(17)21/h1-4,6-9,21H,5,10-16H2,(H,24,27). The summed E-state index contributed by atoms with van der Waals surface area (Å²) in [5, 5.41) is 2.83. The Morgan fingerprint density at radius 1 is 1.04 bits per heavy atom. The highest BCUT2D eigenvalue weighted by Gasteiger charge is 2.29. The summed E-state index contributed by atoms with van der Waals surface area (Å²) in [4.78, 5) is 17.1. The Balaban J connectivity index is 1.22. The largest absolute Gasteiger partial charge is 0.326 e. The van der Waals surface area contributed by atoms with E-state index in [4.69, 9.17) is 0 Å². The van der Waals surface area contributed by atoms with Crippen molar-refractivity contribution >= 4 is 11.6 Å². The first-order chi connectivity index (χ1) is 13.2. The Morgan fingerprint density at radius 3 is 2.56 bits per heavy atom. The van der Waals surface area contributed by atoms with E-state index in [1.54, 1.807) is 12.1 Å². The number of halogens is 1. The molecular weight excluding hydrogens is 341 g/mol. The van der Waals surface area contributed by atoms with Gasteiger partial charge in [0.25, 0.3) is 0 Å². The molecule has 1 atom stereocenters. The lowest BCUT2D eigenvalue weighted by atomic mass is 10.1. The Morgan fingerprint density at radius 2 is 1.78 bits per heavy atom. The van der Waals surface area contributed by atoms with Crippen molar-refractivity contribution in [2.24, 2.45) is 0 Å². The van der Waals surface area contributed by atoms with Crippen LogP contribution in [0.15, 0.2) is 48.5 Å². The van der Waals surface area contributed by atoms with E-state index >= 15 is 0 Å². The van der Waals surface area contributed by atoms with Gasteiger partial charge in [0.15, 0.2) is 0 Å². The molecule has 1 fully saturated rings. The van der Waals surface area contributed by atoms with Gasteiger partial charge in [0.05, 0.1) is 0 Å². The summed E-state index contributed by atoms with van der Waals surface area (Å²) in [6.45, 7) is 4.88. The number of amides is 1. The first kappa shape index (κ1) is 18.1. The van der Waals surface area contributed by atoms with E-state index in [2.05, 4.69) is 39.4 Å². The minimum Gasteiger partial charge on any atom is -0.326 e. The van der Waals surface area contributed by atoms with E-state index in [9.17, 15) is 9.18 Å². The predicted octanol–water partition coefficient (Wildman–Crippen LogP) is 3.46. The molecule has 2 aromatic rings. The lowest BCUT2D eigenvalue weighted by molar-refractivity contribution is -0.116. The third-order valence-electron chi connectivity index (χ3n) is 5.73. The first-order valence-electron chi connectivity index (χ1n) is 9.79. The number of nitrogens with zero attached hydrogens (tertiary/aromatic N) is 2. The highest BCUT2D eigenvalue weighted by atomic mass is 19.1. The number of rotatable bonds is 5. The number of hydrogen-bond acceptors (Lipinski definition) is 3. The van der Waals surface area contributed by atoms with Crippen LogP contribution in [0.5, 0.6) is 0 Å². The lowest BCUT2D eigenvalue weighted by Gasteiger charge is -2.38. The Bertz CT molecular complexity index is 784. The monoisotopic (exact) mass is 367 g/mol. The Hall–Kier alpha value is -2.24. The molecule has 5 heteroatoms. The summed E-state index contributed by atoms with van der Waals surface area (Å²) < 4.78 is 12.9. The van der Waals surface area contributed by atoms with E-state index in [0.717, 1.165) is 32.7 Å². The van der Waals surface area contributed by atoms with Crippen LogP contribution in [0.4, 0.5) is 10.1 Å². The zero-order chi connectivity index (χ0) is 18.6. The molecule has 4 nitrogen and oxygen atoms in total. The molecule has 142 valence electrons. The lowest BCUT2D eigenvalue weighted by Crippen LogP contribution is -2.47. The van der Waals surface area contributed by atoms with E-state index < -0.39 is 0 Å². The van der Waals surface area contributed by atoms with Gasteiger partial charge in [-0.15, -0.1) is 0 Å². The van der Waals surface area contributed by atoms with Crippen LogP contribution in [0.2, 0.25) is 0 Å². The van der Waals surface area contributed by atoms with Crippen LogP contribution >= 0.6 is 0 Å². The fourth-order valence-corrected chi connectivity index (χ4v) is 4.23. The summed E-state index contributed by atoms with van der Waals surface area (Å²) in [6, 6.07) is 15.3. The molecule has 2 aliphatic rings. The van der Waals surface area contributed by atoms with Crippen LogP contribution in [0.3, 0.4) is 0 Å². The molecule has 0 spiro atoms. The van der Waals surface area contributed by atoms with Gasteiger partial charge in [-0.25, -0.2) is 4.39 Å². The minimum atomic E-state index is -0.296. The van der Waals surface area contributed by atoms with Crippen LogP contribution in [0, 0.1) is 5.82 Å². The maximum Gasteiger partial charge on any atom is 0.225 e. The fourth-order valence-electron chi connectivity index (χ4n) is 4.23. The van der Waals surface area contributed by atoms with Crippen molar-refractivity contribution in [1.82, 2.24) is 9.80 Å². The van der Waals surface area contributed by atoms with Gasteiger partial charge in [0, 0.05) is 50.9 Å². The Labute approximate surface area is 160 Å². The molecule has 1 heterocycles. The van der Waals surface area contributed by atoms with E-state index in [1.165, 1.54) is 36.1 Å². The molecule has 0 radical (unpaired) electrons. The van der Waals surface area contributed by atoms with Gasteiger partial charge < -0.3 is 10.2 Å². The second-order valence-corrected chi connectivity index (χ2v) is 7.44. The number of aryl methyl sites for hydroxylation is 1. The maximum absolute atomic E-state index is 12.9. The zero-order valence-corrected chi connectivity index (χ0v) is 15.5. The maximum atomic E-state index is 12.9. The van der Waals surface area contributed by atoms with E-state index in [1.807, 2.05) is 0 Å². The van der Waals surface area contributed by atoms with Crippen molar-refractivity contribution in [3.63, 3.8) is 0 Å².